The number of rotatable bonds is 4. The second-order valence-electron chi connectivity index (χ2n) is 7.59. The highest BCUT2D eigenvalue weighted by atomic mass is 16.6. The molecule has 0 N–H and O–H groups in total. The van der Waals surface area contributed by atoms with Crippen LogP contribution in [0.4, 0.5) is 4.79 Å². The van der Waals surface area contributed by atoms with Crippen molar-refractivity contribution >= 4 is 12.4 Å². The van der Waals surface area contributed by atoms with E-state index in [1.807, 2.05) is 65.0 Å². The second kappa shape index (κ2) is 6.93. The molecule has 2 rings (SSSR count). The van der Waals surface area contributed by atoms with E-state index in [2.05, 4.69) is 0 Å². The van der Waals surface area contributed by atoms with Crippen molar-refractivity contribution in [2.45, 2.75) is 64.3 Å². The molecule has 0 spiro atoms. The summed E-state index contributed by atoms with van der Waals surface area (Å²) in [5.41, 5.74) is -0.347. The predicted molar refractivity (Wildman–Crippen MR) is 91.8 cm³/mol. The van der Waals surface area contributed by atoms with Gasteiger partial charge in [-0.1, -0.05) is 30.3 Å². The lowest BCUT2D eigenvalue weighted by Gasteiger charge is -2.37. The number of carbonyl (C=O) groups is 2. The summed E-state index contributed by atoms with van der Waals surface area (Å²) < 4.78 is 11.4. The topological polar surface area (TPSA) is 55.8 Å². The lowest BCUT2D eigenvalue weighted by Crippen LogP contribution is -2.51. The molecule has 0 bridgehead atoms. The minimum atomic E-state index is -0.775. The lowest BCUT2D eigenvalue weighted by atomic mass is 9.88. The maximum Gasteiger partial charge on any atom is 0.412 e. The maximum absolute atomic E-state index is 12.8. The minimum absolute atomic E-state index is 0.127. The molecular formula is C19H27NO4. The minimum Gasteiger partial charge on any atom is -0.444 e. The van der Waals surface area contributed by atoms with Crippen LogP contribution in [0.5, 0.6) is 0 Å². The van der Waals surface area contributed by atoms with Crippen LogP contribution in [0.25, 0.3) is 0 Å². The Hall–Kier alpha value is -1.88. The number of benzene rings is 1. The molecule has 0 radical (unpaired) electrons. The summed E-state index contributed by atoms with van der Waals surface area (Å²) in [6, 6.07) is 9.52. The van der Waals surface area contributed by atoms with E-state index >= 15 is 0 Å². The number of nitrogens with zero attached hydrogens (tertiary/aromatic N) is 1. The van der Waals surface area contributed by atoms with Gasteiger partial charge in [0, 0.05) is 12.3 Å². The van der Waals surface area contributed by atoms with Crippen LogP contribution in [-0.2, 0) is 14.3 Å². The quantitative estimate of drug-likeness (QED) is 0.788. The molecule has 1 fully saturated rings. The number of aldehydes is 1. The fourth-order valence-corrected chi connectivity index (χ4v) is 3.11. The molecule has 1 amide bonds. The summed E-state index contributed by atoms with van der Waals surface area (Å²) in [5, 5.41) is 0. The number of hydrogen-bond acceptors (Lipinski definition) is 4. The zero-order valence-electron chi connectivity index (χ0n) is 15.1. The van der Waals surface area contributed by atoms with Crippen molar-refractivity contribution in [1.82, 2.24) is 4.90 Å². The van der Waals surface area contributed by atoms with Crippen molar-refractivity contribution in [3.05, 3.63) is 35.9 Å². The standard InChI is InChI=1S/C19H27NO4/c1-18(2,3)24-17(22)20-16(13-23-19(20,4)5)15(11-12-21)14-9-7-6-8-10-14/h6-10,12,15-16H,11,13H2,1-5H3/t15-,16+/m0/s1. The molecule has 1 heterocycles. The van der Waals surface area contributed by atoms with E-state index in [1.54, 1.807) is 4.90 Å². The summed E-state index contributed by atoms with van der Waals surface area (Å²) in [4.78, 5) is 25.6. The predicted octanol–water partition coefficient (Wildman–Crippen LogP) is 3.73. The highest BCUT2D eigenvalue weighted by molar-refractivity contribution is 5.70. The molecule has 24 heavy (non-hydrogen) atoms. The smallest absolute Gasteiger partial charge is 0.412 e. The average Bonchev–Trinajstić information content (AvgIpc) is 2.79. The highest BCUT2D eigenvalue weighted by Crippen LogP contribution is 2.37. The fourth-order valence-electron chi connectivity index (χ4n) is 3.11. The van der Waals surface area contributed by atoms with Crippen LogP contribution in [0.1, 0.15) is 52.5 Å². The second-order valence-corrected chi connectivity index (χ2v) is 7.59. The van der Waals surface area contributed by atoms with E-state index in [0.717, 1.165) is 11.8 Å². The van der Waals surface area contributed by atoms with Gasteiger partial charge in [-0.3, -0.25) is 4.90 Å². The van der Waals surface area contributed by atoms with E-state index in [0.29, 0.717) is 13.0 Å². The maximum atomic E-state index is 12.8. The average molecular weight is 333 g/mol. The van der Waals surface area contributed by atoms with Crippen LogP contribution in [-0.4, -0.2) is 41.3 Å². The molecule has 0 aromatic heterocycles. The summed E-state index contributed by atoms with van der Waals surface area (Å²) in [7, 11) is 0. The number of carbonyl (C=O) groups excluding carboxylic acids is 2. The molecule has 0 unspecified atom stereocenters. The molecule has 1 saturated heterocycles. The Balaban J connectivity index is 2.34. The van der Waals surface area contributed by atoms with Gasteiger partial charge in [-0.25, -0.2) is 4.79 Å². The van der Waals surface area contributed by atoms with Crippen LogP contribution in [0.2, 0.25) is 0 Å². The van der Waals surface area contributed by atoms with E-state index in [-0.39, 0.29) is 12.0 Å². The van der Waals surface area contributed by atoms with Crippen molar-refractivity contribution in [3.8, 4) is 0 Å². The van der Waals surface area contributed by atoms with Crippen molar-refractivity contribution in [2.24, 2.45) is 0 Å². The Bertz CT molecular complexity index is 577. The molecule has 1 aliphatic heterocycles. The van der Waals surface area contributed by atoms with Crippen LogP contribution in [0, 0.1) is 0 Å². The highest BCUT2D eigenvalue weighted by Gasteiger charge is 2.48. The molecule has 1 aromatic carbocycles. The third-order valence-electron chi connectivity index (χ3n) is 4.15. The Morgan fingerprint density at radius 2 is 2.00 bits per heavy atom. The van der Waals surface area contributed by atoms with Gasteiger partial charge >= 0.3 is 6.09 Å². The Morgan fingerprint density at radius 3 is 2.54 bits per heavy atom. The van der Waals surface area contributed by atoms with Crippen LogP contribution in [0.15, 0.2) is 30.3 Å². The molecule has 1 aliphatic rings. The molecule has 5 nitrogen and oxygen atoms in total. The first-order valence-electron chi connectivity index (χ1n) is 8.30. The monoisotopic (exact) mass is 333 g/mol. The number of hydrogen-bond donors (Lipinski definition) is 0. The van der Waals surface area contributed by atoms with Crippen molar-refractivity contribution in [1.29, 1.82) is 0 Å². The molecular weight excluding hydrogens is 306 g/mol. The van der Waals surface area contributed by atoms with Gasteiger partial charge in [0.05, 0.1) is 12.6 Å². The number of amides is 1. The Labute approximate surface area is 143 Å². The number of ether oxygens (including phenoxy) is 2. The third-order valence-corrected chi connectivity index (χ3v) is 4.15. The first-order chi connectivity index (χ1) is 11.2. The third kappa shape index (κ3) is 4.15. The molecule has 5 heteroatoms. The van der Waals surface area contributed by atoms with Gasteiger partial charge < -0.3 is 14.3 Å². The van der Waals surface area contributed by atoms with Crippen molar-refractivity contribution in [2.75, 3.05) is 6.61 Å². The molecule has 0 aliphatic carbocycles. The van der Waals surface area contributed by atoms with E-state index in [4.69, 9.17) is 9.47 Å². The zero-order chi connectivity index (χ0) is 18.0. The van der Waals surface area contributed by atoms with Gasteiger partial charge in [0.1, 0.15) is 17.6 Å². The van der Waals surface area contributed by atoms with Gasteiger partial charge in [-0.2, -0.15) is 0 Å². The van der Waals surface area contributed by atoms with E-state index in [9.17, 15) is 9.59 Å². The van der Waals surface area contributed by atoms with Gasteiger partial charge in [0.25, 0.3) is 0 Å². The summed E-state index contributed by atoms with van der Waals surface area (Å²) in [6.45, 7) is 9.58. The zero-order valence-corrected chi connectivity index (χ0v) is 15.1. The van der Waals surface area contributed by atoms with Crippen molar-refractivity contribution in [3.63, 3.8) is 0 Å². The molecule has 132 valence electrons. The summed E-state index contributed by atoms with van der Waals surface area (Å²) in [6.07, 6.45) is 0.811. The van der Waals surface area contributed by atoms with Gasteiger partial charge in [-0.05, 0) is 40.2 Å². The largest absolute Gasteiger partial charge is 0.444 e. The van der Waals surface area contributed by atoms with Crippen molar-refractivity contribution < 1.29 is 19.1 Å². The lowest BCUT2D eigenvalue weighted by molar-refractivity contribution is -0.108. The summed E-state index contributed by atoms with van der Waals surface area (Å²) in [5.74, 6) is -0.127. The van der Waals surface area contributed by atoms with Gasteiger partial charge in [-0.15, -0.1) is 0 Å². The molecule has 1 aromatic rings. The van der Waals surface area contributed by atoms with E-state index in [1.165, 1.54) is 0 Å². The van der Waals surface area contributed by atoms with Gasteiger partial charge in [0.15, 0.2) is 0 Å². The Kier molecular flexibility index (Phi) is 5.33. The first kappa shape index (κ1) is 18.5. The Morgan fingerprint density at radius 1 is 1.38 bits per heavy atom. The van der Waals surface area contributed by atoms with Crippen LogP contribution >= 0.6 is 0 Å². The summed E-state index contributed by atoms with van der Waals surface area (Å²) >= 11 is 0. The van der Waals surface area contributed by atoms with E-state index < -0.39 is 17.4 Å². The van der Waals surface area contributed by atoms with Crippen LogP contribution < -0.4 is 0 Å². The fraction of sp³-hybridized carbons (Fsp3) is 0.579. The van der Waals surface area contributed by atoms with Crippen LogP contribution in [0.3, 0.4) is 0 Å². The first-order valence-corrected chi connectivity index (χ1v) is 8.30. The normalized spacial score (nSPS) is 21.4. The van der Waals surface area contributed by atoms with Gasteiger partial charge in [0.2, 0.25) is 0 Å². The molecule has 0 saturated carbocycles. The SMILES string of the molecule is CC(C)(C)OC(=O)N1[C@@H]([C@@H](CC=O)c2ccccc2)COC1(C)C. The molecule has 2 atom stereocenters.